The van der Waals surface area contributed by atoms with Crippen molar-refractivity contribution in [3.63, 3.8) is 0 Å². The van der Waals surface area contributed by atoms with E-state index < -0.39 is 10.0 Å². The molecule has 2 aromatic rings. The molecular formula is C19H23ClN4O3S. The van der Waals surface area contributed by atoms with E-state index in [1.54, 1.807) is 0 Å². The fourth-order valence-corrected chi connectivity index (χ4v) is 3.88. The van der Waals surface area contributed by atoms with Crippen molar-refractivity contribution in [2.75, 3.05) is 36.4 Å². The lowest BCUT2D eigenvalue weighted by atomic mass is 10.2. The van der Waals surface area contributed by atoms with Gasteiger partial charge in [0.15, 0.2) is 0 Å². The van der Waals surface area contributed by atoms with Gasteiger partial charge >= 0.3 is 0 Å². The molecule has 0 radical (unpaired) electrons. The van der Waals surface area contributed by atoms with E-state index in [9.17, 15) is 13.2 Å². The molecule has 1 saturated heterocycles. The number of nitrogens with zero attached hydrogens (tertiary/aromatic N) is 2. The van der Waals surface area contributed by atoms with Gasteiger partial charge < -0.3 is 10.2 Å². The van der Waals surface area contributed by atoms with Gasteiger partial charge in [-0.1, -0.05) is 17.7 Å². The number of halogens is 1. The van der Waals surface area contributed by atoms with E-state index in [0.717, 1.165) is 31.9 Å². The summed E-state index contributed by atoms with van der Waals surface area (Å²) in [5, 5.41) is 8.61. The summed E-state index contributed by atoms with van der Waals surface area (Å²) >= 11 is 6.07. The molecule has 150 valence electrons. The highest BCUT2D eigenvalue weighted by atomic mass is 35.5. The largest absolute Gasteiger partial charge is 0.369 e. The second-order valence-corrected chi connectivity index (χ2v) is 8.74. The topological polar surface area (TPSA) is 95.7 Å². The monoisotopic (exact) mass is 422 g/mol. The standard InChI is InChI=1S/C19H23ClN4O3S/c1-14(19(25)22-16-5-7-18(8-6-16)28(21,26)27)23-9-11-24(12-10-23)17-4-2-3-15(20)13-17/h2-8,13-14H,9-12H2,1H3,(H,22,25)(H2,21,26,27)/t14-/m1/s1. The van der Waals surface area contributed by atoms with Gasteiger partial charge in [0.05, 0.1) is 10.9 Å². The van der Waals surface area contributed by atoms with Crippen molar-refractivity contribution in [1.82, 2.24) is 4.90 Å². The van der Waals surface area contributed by atoms with Crippen LogP contribution in [0, 0.1) is 0 Å². The van der Waals surface area contributed by atoms with Crippen molar-refractivity contribution in [2.24, 2.45) is 5.14 Å². The van der Waals surface area contributed by atoms with E-state index in [4.69, 9.17) is 16.7 Å². The summed E-state index contributed by atoms with van der Waals surface area (Å²) < 4.78 is 22.6. The van der Waals surface area contributed by atoms with Crippen LogP contribution in [0.5, 0.6) is 0 Å². The van der Waals surface area contributed by atoms with E-state index in [1.165, 1.54) is 24.3 Å². The highest BCUT2D eigenvalue weighted by Crippen LogP contribution is 2.21. The van der Waals surface area contributed by atoms with E-state index in [1.807, 2.05) is 31.2 Å². The molecule has 28 heavy (non-hydrogen) atoms. The maximum atomic E-state index is 12.6. The molecule has 3 N–H and O–H groups in total. The fourth-order valence-electron chi connectivity index (χ4n) is 3.18. The van der Waals surface area contributed by atoms with Gasteiger partial charge in [-0.15, -0.1) is 0 Å². The quantitative estimate of drug-likeness (QED) is 0.769. The molecule has 1 heterocycles. The number of primary sulfonamides is 1. The summed E-state index contributed by atoms with van der Waals surface area (Å²) in [6.45, 7) is 4.99. The molecule has 9 heteroatoms. The number of nitrogens with two attached hydrogens (primary N) is 1. The van der Waals surface area contributed by atoms with Crippen LogP contribution in [-0.4, -0.2) is 51.4 Å². The van der Waals surface area contributed by atoms with Gasteiger partial charge in [0.2, 0.25) is 15.9 Å². The van der Waals surface area contributed by atoms with Crippen molar-refractivity contribution >= 4 is 38.9 Å². The Bertz CT molecular complexity index is 942. The van der Waals surface area contributed by atoms with Crippen molar-refractivity contribution in [3.05, 3.63) is 53.6 Å². The van der Waals surface area contributed by atoms with Gasteiger partial charge in [-0.25, -0.2) is 13.6 Å². The molecule has 0 aromatic heterocycles. The lowest BCUT2D eigenvalue weighted by Gasteiger charge is -2.38. The van der Waals surface area contributed by atoms with Crippen LogP contribution in [0.1, 0.15) is 6.92 Å². The van der Waals surface area contributed by atoms with Gasteiger partial charge in [-0.2, -0.15) is 0 Å². The number of amides is 1. The van der Waals surface area contributed by atoms with Crippen LogP contribution in [0.15, 0.2) is 53.4 Å². The summed E-state index contributed by atoms with van der Waals surface area (Å²) in [6, 6.07) is 13.3. The lowest BCUT2D eigenvalue weighted by Crippen LogP contribution is -2.52. The van der Waals surface area contributed by atoms with E-state index in [-0.39, 0.29) is 16.8 Å². The van der Waals surface area contributed by atoms with Crippen LogP contribution in [-0.2, 0) is 14.8 Å². The number of piperazine rings is 1. The third kappa shape index (κ3) is 5.02. The summed E-state index contributed by atoms with van der Waals surface area (Å²) in [5.41, 5.74) is 1.61. The smallest absolute Gasteiger partial charge is 0.241 e. The number of carbonyl (C=O) groups is 1. The molecular weight excluding hydrogens is 400 g/mol. The summed E-state index contributed by atoms with van der Waals surface area (Å²) in [7, 11) is -3.75. The molecule has 0 unspecified atom stereocenters. The Labute approximate surface area is 170 Å². The predicted molar refractivity (Wildman–Crippen MR) is 111 cm³/mol. The Kier molecular flexibility index (Phi) is 6.24. The highest BCUT2D eigenvalue weighted by molar-refractivity contribution is 7.89. The van der Waals surface area contributed by atoms with Crippen LogP contribution < -0.4 is 15.4 Å². The van der Waals surface area contributed by atoms with Gasteiger partial charge in [0.1, 0.15) is 0 Å². The van der Waals surface area contributed by atoms with E-state index >= 15 is 0 Å². The second-order valence-electron chi connectivity index (χ2n) is 6.74. The molecule has 0 bridgehead atoms. The van der Waals surface area contributed by atoms with Crippen LogP contribution in [0.3, 0.4) is 0 Å². The molecule has 1 fully saturated rings. The molecule has 1 atom stereocenters. The fraction of sp³-hybridized carbons (Fsp3) is 0.316. The zero-order chi connectivity index (χ0) is 20.3. The first-order valence-corrected chi connectivity index (χ1v) is 10.8. The molecule has 1 aliphatic rings. The normalized spacial score (nSPS) is 16.6. The van der Waals surface area contributed by atoms with Crippen molar-refractivity contribution < 1.29 is 13.2 Å². The minimum Gasteiger partial charge on any atom is -0.369 e. The first-order valence-electron chi connectivity index (χ1n) is 8.92. The van der Waals surface area contributed by atoms with Crippen LogP contribution in [0.25, 0.3) is 0 Å². The predicted octanol–water partition coefficient (Wildman–Crippen LogP) is 2.14. The first kappa shape index (κ1) is 20.6. The maximum Gasteiger partial charge on any atom is 0.241 e. The summed E-state index contributed by atoms with van der Waals surface area (Å²) in [6.07, 6.45) is 0. The van der Waals surface area contributed by atoms with Gasteiger partial charge in [0, 0.05) is 42.6 Å². The van der Waals surface area contributed by atoms with Gasteiger partial charge in [-0.05, 0) is 49.4 Å². The SMILES string of the molecule is C[C@H](C(=O)Nc1ccc(S(N)(=O)=O)cc1)N1CCN(c2cccc(Cl)c2)CC1. The molecule has 2 aromatic carbocycles. The second kappa shape index (κ2) is 8.48. The Morgan fingerprint density at radius 2 is 1.75 bits per heavy atom. The average Bonchev–Trinajstić information content (AvgIpc) is 2.67. The Hall–Kier alpha value is -2.13. The van der Waals surface area contributed by atoms with Crippen molar-refractivity contribution in [1.29, 1.82) is 0 Å². The maximum absolute atomic E-state index is 12.6. The molecule has 0 saturated carbocycles. The average molecular weight is 423 g/mol. The van der Waals surface area contributed by atoms with Gasteiger partial charge in [-0.3, -0.25) is 9.69 Å². The number of anilines is 2. The van der Waals surface area contributed by atoms with E-state index in [0.29, 0.717) is 10.7 Å². The Morgan fingerprint density at radius 3 is 2.32 bits per heavy atom. The van der Waals surface area contributed by atoms with Crippen LogP contribution in [0.4, 0.5) is 11.4 Å². The molecule has 3 rings (SSSR count). The summed E-state index contributed by atoms with van der Waals surface area (Å²) in [4.78, 5) is 16.9. The number of hydrogen-bond donors (Lipinski definition) is 2. The van der Waals surface area contributed by atoms with E-state index in [2.05, 4.69) is 15.1 Å². The third-order valence-electron chi connectivity index (χ3n) is 4.87. The van der Waals surface area contributed by atoms with Crippen molar-refractivity contribution in [3.8, 4) is 0 Å². The number of carbonyl (C=O) groups excluding carboxylic acids is 1. The number of nitrogens with one attached hydrogen (secondary N) is 1. The van der Waals surface area contributed by atoms with Crippen molar-refractivity contribution in [2.45, 2.75) is 17.9 Å². The number of hydrogen-bond acceptors (Lipinski definition) is 5. The molecule has 7 nitrogen and oxygen atoms in total. The zero-order valence-corrected chi connectivity index (χ0v) is 17.1. The first-order chi connectivity index (χ1) is 13.2. The molecule has 0 aliphatic carbocycles. The third-order valence-corrected chi connectivity index (χ3v) is 6.03. The molecule has 1 amide bonds. The van der Waals surface area contributed by atoms with Crippen LogP contribution >= 0.6 is 11.6 Å². The minimum atomic E-state index is -3.75. The van der Waals surface area contributed by atoms with Crippen LogP contribution in [0.2, 0.25) is 5.02 Å². The zero-order valence-electron chi connectivity index (χ0n) is 15.5. The minimum absolute atomic E-state index is 0.00989. The molecule has 1 aliphatic heterocycles. The number of sulfonamides is 1. The lowest BCUT2D eigenvalue weighted by molar-refractivity contribution is -0.120. The highest BCUT2D eigenvalue weighted by Gasteiger charge is 2.26. The Morgan fingerprint density at radius 1 is 1.11 bits per heavy atom. The Balaban J connectivity index is 1.56. The molecule has 0 spiro atoms. The number of benzene rings is 2. The number of rotatable bonds is 5. The van der Waals surface area contributed by atoms with Gasteiger partial charge in [0.25, 0.3) is 0 Å². The summed E-state index contributed by atoms with van der Waals surface area (Å²) in [5.74, 6) is -0.139.